The number of carbonyl (C=O) groups excluding carboxylic acids is 1. The predicted octanol–water partition coefficient (Wildman–Crippen LogP) is 6.35. The molecule has 1 heterocycles. The van der Waals surface area contributed by atoms with Crippen molar-refractivity contribution < 1.29 is 57.0 Å². The van der Waals surface area contributed by atoms with Gasteiger partial charge in [0.2, 0.25) is 5.91 Å². The van der Waals surface area contributed by atoms with Gasteiger partial charge in [-0.1, -0.05) is 154 Å². The molecule has 0 saturated carbocycles. The molecule has 0 aromatic carbocycles. The molecule has 1 saturated heterocycles. The number of ether oxygens (including phenoxy) is 2. The molecule has 55 heavy (non-hydrogen) atoms. The third-order valence-corrected chi connectivity index (χ3v) is 10.5. The lowest BCUT2D eigenvalue weighted by molar-refractivity contribution is -0.298. The normalized spacial score (nSPS) is 22.4. The number of hydrogen-bond acceptors (Lipinski definition) is 11. The van der Waals surface area contributed by atoms with E-state index in [4.69, 9.17) is 14.0 Å². The predicted molar refractivity (Wildman–Crippen MR) is 215 cm³/mol. The second-order valence-corrected chi connectivity index (χ2v) is 16.1. The zero-order valence-electron chi connectivity index (χ0n) is 33.9. The van der Waals surface area contributed by atoms with Gasteiger partial charge in [-0.2, -0.15) is 8.42 Å². The fourth-order valence-corrected chi connectivity index (χ4v) is 7.13. The van der Waals surface area contributed by atoms with E-state index < -0.39 is 78.5 Å². The van der Waals surface area contributed by atoms with Gasteiger partial charge in [0.15, 0.2) is 6.29 Å². The number of rotatable bonds is 35. The third-order valence-electron chi connectivity index (χ3n) is 10.1. The molecule has 7 N–H and O–H groups in total. The molecule has 14 heteroatoms. The Morgan fingerprint density at radius 1 is 0.727 bits per heavy atom. The van der Waals surface area contributed by atoms with Crippen molar-refractivity contribution in [3.8, 4) is 0 Å². The van der Waals surface area contributed by atoms with Gasteiger partial charge >= 0.3 is 10.4 Å². The quantitative estimate of drug-likeness (QED) is 0.0212. The molecule has 1 aliphatic rings. The van der Waals surface area contributed by atoms with E-state index in [1.807, 2.05) is 6.08 Å². The highest BCUT2D eigenvalue weighted by molar-refractivity contribution is 7.80. The number of aliphatic hydroxyl groups excluding tert-OH is 5. The summed E-state index contributed by atoms with van der Waals surface area (Å²) in [6.07, 6.45) is 22.8. The average Bonchev–Trinajstić information content (AvgIpc) is 3.15. The van der Waals surface area contributed by atoms with Crippen LogP contribution in [0.15, 0.2) is 24.3 Å². The van der Waals surface area contributed by atoms with E-state index in [1.54, 1.807) is 0 Å². The highest BCUT2D eigenvalue weighted by Crippen LogP contribution is 2.26. The monoisotopic (exact) mass is 808 g/mol. The number of carbonyl (C=O) groups is 1. The lowest BCUT2D eigenvalue weighted by Crippen LogP contribution is -2.61. The van der Waals surface area contributed by atoms with Gasteiger partial charge in [-0.05, 0) is 38.5 Å². The van der Waals surface area contributed by atoms with E-state index in [-0.39, 0.29) is 6.42 Å². The Balaban J connectivity index is 2.65. The number of unbranched alkanes of at least 4 members (excludes halogenated alkanes) is 20. The van der Waals surface area contributed by atoms with E-state index in [0.717, 1.165) is 51.4 Å². The summed E-state index contributed by atoms with van der Waals surface area (Å²) < 4.78 is 47.3. The molecule has 1 rings (SSSR count). The minimum atomic E-state index is -5.11. The summed E-state index contributed by atoms with van der Waals surface area (Å²) in [6, 6.07) is -1.12. The molecule has 0 aliphatic carbocycles. The van der Waals surface area contributed by atoms with Crippen LogP contribution in [0.1, 0.15) is 168 Å². The summed E-state index contributed by atoms with van der Waals surface area (Å²) in [5, 5.41) is 54.9. The highest BCUT2D eigenvalue weighted by Gasteiger charge is 2.48. The SMILES string of the molecule is CCCC/C=C\CCCCCCC(O)C(=O)NC(COC1OC(CO)C(O)C(OS(=O)(=O)O)C1O)C(O)/C=C/CCCCCCCCCCCCCCCC. The number of nitrogens with one attached hydrogen (secondary N) is 1. The third kappa shape index (κ3) is 25.5. The molecule has 8 atom stereocenters. The first kappa shape index (κ1) is 51.6. The van der Waals surface area contributed by atoms with Crippen LogP contribution in [-0.4, -0.2) is 107 Å². The topological polar surface area (TPSA) is 212 Å². The minimum absolute atomic E-state index is 0.228. The molecule has 324 valence electrons. The average molecular weight is 808 g/mol. The van der Waals surface area contributed by atoms with E-state index in [9.17, 15) is 38.7 Å². The number of allylic oxidation sites excluding steroid dienone is 3. The Bertz CT molecular complexity index is 1110. The van der Waals surface area contributed by atoms with Crippen molar-refractivity contribution in [2.75, 3.05) is 13.2 Å². The molecular formula is C41H77NO12S. The fraction of sp³-hybridized carbons (Fsp3) is 0.878. The van der Waals surface area contributed by atoms with Gasteiger partial charge < -0.3 is 40.3 Å². The Hall–Kier alpha value is -1.46. The van der Waals surface area contributed by atoms with Crippen LogP contribution < -0.4 is 5.32 Å². The van der Waals surface area contributed by atoms with E-state index in [0.29, 0.717) is 12.8 Å². The van der Waals surface area contributed by atoms with Crippen molar-refractivity contribution in [2.24, 2.45) is 0 Å². The largest absolute Gasteiger partial charge is 0.397 e. The number of amides is 1. The Morgan fingerprint density at radius 2 is 1.22 bits per heavy atom. The molecule has 0 aromatic heterocycles. The molecule has 1 amide bonds. The van der Waals surface area contributed by atoms with Crippen LogP contribution in [0.4, 0.5) is 0 Å². The summed E-state index contributed by atoms with van der Waals surface area (Å²) >= 11 is 0. The van der Waals surface area contributed by atoms with Gasteiger partial charge in [0.25, 0.3) is 0 Å². The number of aliphatic hydroxyl groups is 5. The molecular weight excluding hydrogens is 731 g/mol. The van der Waals surface area contributed by atoms with E-state index >= 15 is 0 Å². The van der Waals surface area contributed by atoms with Gasteiger partial charge in [0.05, 0.1) is 25.4 Å². The van der Waals surface area contributed by atoms with Gasteiger partial charge in [-0.25, -0.2) is 4.18 Å². The van der Waals surface area contributed by atoms with Crippen molar-refractivity contribution >= 4 is 16.3 Å². The minimum Gasteiger partial charge on any atom is -0.394 e. The van der Waals surface area contributed by atoms with Crippen molar-refractivity contribution in [3.05, 3.63) is 24.3 Å². The first-order chi connectivity index (χ1) is 26.4. The maximum Gasteiger partial charge on any atom is 0.397 e. The van der Waals surface area contributed by atoms with Crippen LogP contribution in [0.2, 0.25) is 0 Å². The maximum absolute atomic E-state index is 13.0. The van der Waals surface area contributed by atoms with Gasteiger partial charge in [-0.3, -0.25) is 9.35 Å². The summed E-state index contributed by atoms with van der Waals surface area (Å²) in [6.45, 7) is 3.14. The summed E-state index contributed by atoms with van der Waals surface area (Å²) in [4.78, 5) is 13.0. The summed E-state index contributed by atoms with van der Waals surface area (Å²) in [5.74, 6) is -0.715. The number of hydrogen-bond donors (Lipinski definition) is 7. The molecule has 8 unspecified atom stereocenters. The second kappa shape index (κ2) is 32.5. The van der Waals surface area contributed by atoms with Crippen molar-refractivity contribution in [1.82, 2.24) is 5.32 Å². The molecule has 1 fully saturated rings. The van der Waals surface area contributed by atoms with Gasteiger partial charge in [0, 0.05) is 0 Å². The van der Waals surface area contributed by atoms with Crippen LogP contribution in [0.5, 0.6) is 0 Å². The van der Waals surface area contributed by atoms with Gasteiger partial charge in [-0.15, -0.1) is 0 Å². The zero-order chi connectivity index (χ0) is 40.7. The standard InChI is InChI=1S/C41H77NO12S/c1-3-5-7-9-11-13-15-16-17-18-19-20-22-23-25-27-29-34(44)33(42-40(48)35(45)30-28-26-24-21-14-12-10-8-6-4-2)32-52-41-38(47)39(54-55(49,50)51)37(46)36(31-43)53-41/h10,12,27,29,33-39,41,43-47H,3-9,11,13-26,28,30-32H2,1-2H3,(H,42,48)(H,49,50,51)/b12-10-,29-27+. The lowest BCUT2D eigenvalue weighted by atomic mass is 9.99. The van der Waals surface area contributed by atoms with Crippen molar-refractivity contribution in [1.29, 1.82) is 0 Å². The van der Waals surface area contributed by atoms with E-state index in [1.165, 1.54) is 89.5 Å². The van der Waals surface area contributed by atoms with E-state index in [2.05, 4.69) is 35.5 Å². The molecule has 1 aliphatic heterocycles. The summed E-state index contributed by atoms with van der Waals surface area (Å²) in [5.41, 5.74) is 0. The Kier molecular flexibility index (Phi) is 30.5. The molecule has 0 aromatic rings. The zero-order valence-corrected chi connectivity index (χ0v) is 34.7. The molecule has 13 nitrogen and oxygen atoms in total. The first-order valence-electron chi connectivity index (χ1n) is 21.3. The Morgan fingerprint density at radius 3 is 1.75 bits per heavy atom. The van der Waals surface area contributed by atoms with Crippen LogP contribution in [0, 0.1) is 0 Å². The highest BCUT2D eigenvalue weighted by atomic mass is 32.3. The maximum atomic E-state index is 13.0. The fourth-order valence-electron chi connectivity index (χ4n) is 6.62. The lowest BCUT2D eigenvalue weighted by Gasteiger charge is -2.41. The van der Waals surface area contributed by atoms with Crippen molar-refractivity contribution in [3.63, 3.8) is 0 Å². The van der Waals surface area contributed by atoms with Crippen LogP contribution >= 0.6 is 0 Å². The van der Waals surface area contributed by atoms with Crippen molar-refractivity contribution in [2.45, 2.75) is 217 Å². The smallest absolute Gasteiger partial charge is 0.394 e. The van der Waals surface area contributed by atoms with Crippen LogP contribution in [0.3, 0.4) is 0 Å². The molecule has 0 bridgehead atoms. The molecule has 0 radical (unpaired) electrons. The van der Waals surface area contributed by atoms with Crippen LogP contribution in [0.25, 0.3) is 0 Å². The van der Waals surface area contributed by atoms with Crippen LogP contribution in [-0.2, 0) is 28.9 Å². The second-order valence-electron chi connectivity index (χ2n) is 15.1. The first-order valence-corrected chi connectivity index (χ1v) is 22.7. The van der Waals surface area contributed by atoms with Gasteiger partial charge in [0.1, 0.15) is 30.5 Å². The Labute approximate surface area is 332 Å². The summed E-state index contributed by atoms with van der Waals surface area (Å²) in [7, 11) is -5.11. The molecule has 0 spiro atoms.